The number of fused-ring (bicyclic) bond motifs is 2. The summed E-state index contributed by atoms with van der Waals surface area (Å²) < 4.78 is 0. The van der Waals surface area contributed by atoms with Gasteiger partial charge in [-0.05, 0) is 80.8 Å². The maximum absolute atomic E-state index is 5.40. The molecular formula is C22H40N2S. The van der Waals surface area contributed by atoms with Crippen molar-refractivity contribution in [1.29, 1.82) is 0 Å². The molecule has 0 aromatic heterocycles. The van der Waals surface area contributed by atoms with Crippen LogP contribution in [0.15, 0.2) is 4.99 Å². The predicted octanol–water partition coefficient (Wildman–Crippen LogP) is 6.11. The molecule has 1 N–H and O–H groups in total. The average Bonchev–Trinajstić information content (AvgIpc) is 3.21. The van der Waals surface area contributed by atoms with Crippen molar-refractivity contribution in [3.8, 4) is 0 Å². The third-order valence-electron chi connectivity index (χ3n) is 7.74. The Morgan fingerprint density at radius 1 is 1.12 bits per heavy atom. The molecule has 2 atom stereocenters. The Bertz CT molecular complexity index is 451. The number of rotatable bonds is 5. The number of hydrogen-bond donors (Lipinski definition) is 1. The molecule has 0 spiro atoms. The normalized spacial score (nSPS) is 41.5. The van der Waals surface area contributed by atoms with Gasteiger partial charge in [0.1, 0.15) is 0 Å². The number of hydrogen-bond acceptors (Lipinski definition) is 2. The molecule has 3 aliphatic rings. The van der Waals surface area contributed by atoms with Crippen molar-refractivity contribution in [3.05, 3.63) is 0 Å². The summed E-state index contributed by atoms with van der Waals surface area (Å²) in [6, 6.07) is 0.537. The minimum atomic E-state index is 0.394. The topological polar surface area (TPSA) is 24.4 Å². The fourth-order valence-corrected chi connectivity index (χ4v) is 6.52. The first-order valence-corrected chi connectivity index (χ1v) is 12.1. The van der Waals surface area contributed by atoms with E-state index in [9.17, 15) is 0 Å². The van der Waals surface area contributed by atoms with Crippen LogP contribution in [0.25, 0.3) is 0 Å². The maximum atomic E-state index is 5.40. The van der Waals surface area contributed by atoms with Crippen LogP contribution >= 0.6 is 11.8 Å². The van der Waals surface area contributed by atoms with Crippen LogP contribution in [-0.2, 0) is 0 Å². The minimum absolute atomic E-state index is 0.394. The molecule has 0 heterocycles. The minimum Gasteiger partial charge on any atom is -0.359 e. The fourth-order valence-electron chi connectivity index (χ4n) is 5.97. The van der Waals surface area contributed by atoms with Gasteiger partial charge in [0.25, 0.3) is 0 Å². The van der Waals surface area contributed by atoms with E-state index in [2.05, 4.69) is 39.3 Å². The van der Waals surface area contributed by atoms with Gasteiger partial charge in [0.2, 0.25) is 0 Å². The van der Waals surface area contributed by atoms with Crippen LogP contribution in [0.2, 0.25) is 0 Å². The van der Waals surface area contributed by atoms with Gasteiger partial charge in [0, 0.05) is 5.54 Å². The zero-order valence-corrected chi connectivity index (χ0v) is 18.0. The van der Waals surface area contributed by atoms with E-state index in [4.69, 9.17) is 4.99 Å². The molecule has 3 heteroatoms. The molecule has 0 amide bonds. The summed E-state index contributed by atoms with van der Waals surface area (Å²) in [6.07, 6.45) is 14.5. The second-order valence-corrected chi connectivity index (χ2v) is 10.3. The molecule has 144 valence electrons. The first kappa shape index (κ1) is 19.6. The van der Waals surface area contributed by atoms with E-state index < -0.39 is 0 Å². The first-order valence-electron chi connectivity index (χ1n) is 10.9. The van der Waals surface area contributed by atoms with Gasteiger partial charge in [-0.1, -0.05) is 52.3 Å². The number of aliphatic imine (C=N–C) groups is 1. The SMILES string of the molecule is CCC1CC(C(C)C)CC(CC)C1N=C(NC12CCC(CC1)C2)SC. The molecule has 2 nitrogen and oxygen atoms in total. The Hall–Kier alpha value is -0.180. The summed E-state index contributed by atoms with van der Waals surface area (Å²) in [5.41, 5.74) is 0.394. The molecule has 0 aromatic carbocycles. The van der Waals surface area contributed by atoms with Crippen molar-refractivity contribution in [2.75, 3.05) is 6.26 Å². The van der Waals surface area contributed by atoms with E-state index >= 15 is 0 Å². The van der Waals surface area contributed by atoms with E-state index in [1.54, 1.807) is 0 Å². The average molecular weight is 365 g/mol. The predicted molar refractivity (Wildman–Crippen MR) is 112 cm³/mol. The van der Waals surface area contributed by atoms with E-state index in [-0.39, 0.29) is 0 Å². The van der Waals surface area contributed by atoms with Gasteiger partial charge in [0.15, 0.2) is 5.17 Å². The van der Waals surface area contributed by atoms with Crippen molar-refractivity contribution in [3.63, 3.8) is 0 Å². The van der Waals surface area contributed by atoms with Crippen molar-refractivity contribution in [2.24, 2.45) is 34.6 Å². The molecule has 3 fully saturated rings. The van der Waals surface area contributed by atoms with Crippen molar-refractivity contribution in [2.45, 2.75) is 97.1 Å². The highest BCUT2D eigenvalue weighted by atomic mass is 32.2. The second kappa shape index (κ2) is 8.23. The lowest BCUT2D eigenvalue weighted by atomic mass is 9.67. The van der Waals surface area contributed by atoms with Crippen LogP contribution in [-0.4, -0.2) is 23.0 Å². The van der Waals surface area contributed by atoms with Crippen molar-refractivity contribution in [1.82, 2.24) is 5.32 Å². The largest absolute Gasteiger partial charge is 0.359 e. The van der Waals surface area contributed by atoms with Gasteiger partial charge in [-0.15, -0.1) is 0 Å². The van der Waals surface area contributed by atoms with Gasteiger partial charge >= 0.3 is 0 Å². The summed E-state index contributed by atoms with van der Waals surface area (Å²) in [7, 11) is 0. The lowest BCUT2D eigenvalue weighted by Gasteiger charge is -2.42. The number of nitrogens with zero attached hydrogens (tertiary/aromatic N) is 1. The molecule has 3 rings (SSSR count). The Morgan fingerprint density at radius 2 is 1.72 bits per heavy atom. The van der Waals surface area contributed by atoms with E-state index in [1.165, 1.54) is 63.0 Å². The molecule has 2 bridgehead atoms. The lowest BCUT2D eigenvalue weighted by molar-refractivity contribution is 0.125. The smallest absolute Gasteiger partial charge is 0.156 e. The van der Waals surface area contributed by atoms with Gasteiger partial charge in [-0.25, -0.2) is 0 Å². The van der Waals surface area contributed by atoms with Crippen LogP contribution in [0.5, 0.6) is 0 Å². The maximum Gasteiger partial charge on any atom is 0.156 e. The fraction of sp³-hybridized carbons (Fsp3) is 0.955. The molecular weight excluding hydrogens is 324 g/mol. The molecule has 0 aromatic rings. The Labute approximate surface area is 160 Å². The molecule has 25 heavy (non-hydrogen) atoms. The van der Waals surface area contributed by atoms with Gasteiger partial charge < -0.3 is 5.32 Å². The second-order valence-electron chi connectivity index (χ2n) is 9.49. The van der Waals surface area contributed by atoms with Crippen LogP contribution < -0.4 is 5.32 Å². The summed E-state index contributed by atoms with van der Waals surface area (Å²) in [5, 5.41) is 5.20. The van der Waals surface area contributed by atoms with Crippen LogP contribution in [0.1, 0.15) is 85.5 Å². The Balaban J connectivity index is 1.75. The van der Waals surface area contributed by atoms with E-state index in [0.717, 1.165) is 29.6 Å². The van der Waals surface area contributed by atoms with Crippen LogP contribution in [0.3, 0.4) is 0 Å². The number of nitrogens with one attached hydrogen (secondary N) is 1. The summed E-state index contributed by atoms with van der Waals surface area (Å²) in [6.45, 7) is 9.59. The molecule has 2 unspecified atom stereocenters. The van der Waals surface area contributed by atoms with Crippen molar-refractivity contribution < 1.29 is 0 Å². The van der Waals surface area contributed by atoms with Crippen molar-refractivity contribution >= 4 is 16.9 Å². The summed E-state index contributed by atoms with van der Waals surface area (Å²) >= 11 is 1.85. The van der Waals surface area contributed by atoms with Crippen LogP contribution in [0, 0.1) is 29.6 Å². The molecule has 0 radical (unpaired) electrons. The Kier molecular flexibility index (Phi) is 6.45. The highest BCUT2D eigenvalue weighted by Gasteiger charge is 2.45. The highest BCUT2D eigenvalue weighted by molar-refractivity contribution is 8.13. The lowest BCUT2D eigenvalue weighted by Crippen LogP contribution is -2.45. The number of thioether (sulfide) groups is 1. The van der Waals surface area contributed by atoms with E-state index in [1.807, 2.05) is 11.8 Å². The standard InChI is InChI=1S/C22H40N2S/c1-6-17-12-19(15(3)4)13-18(7-2)20(17)23-21(25-5)24-22-10-8-16(14-22)9-11-22/h15-20H,6-14H2,1-5H3,(H,23,24). The zero-order valence-electron chi connectivity index (χ0n) is 17.2. The quantitative estimate of drug-likeness (QED) is 0.470. The summed E-state index contributed by atoms with van der Waals surface area (Å²) in [4.78, 5) is 5.40. The van der Waals surface area contributed by atoms with Gasteiger partial charge in [-0.2, -0.15) is 0 Å². The zero-order chi connectivity index (χ0) is 18.0. The Morgan fingerprint density at radius 3 is 2.12 bits per heavy atom. The first-order chi connectivity index (χ1) is 12.0. The van der Waals surface area contributed by atoms with Gasteiger partial charge in [-0.3, -0.25) is 4.99 Å². The van der Waals surface area contributed by atoms with Crippen LogP contribution in [0.4, 0.5) is 0 Å². The monoisotopic (exact) mass is 364 g/mol. The highest BCUT2D eigenvalue weighted by Crippen LogP contribution is 2.48. The third-order valence-corrected chi connectivity index (χ3v) is 8.34. The number of amidine groups is 1. The molecule has 3 aliphatic carbocycles. The molecule has 3 saturated carbocycles. The van der Waals surface area contributed by atoms with Gasteiger partial charge in [0.05, 0.1) is 6.04 Å². The molecule has 0 aliphatic heterocycles. The summed E-state index contributed by atoms with van der Waals surface area (Å²) in [5.74, 6) is 4.25. The van der Waals surface area contributed by atoms with E-state index in [0.29, 0.717) is 11.6 Å². The third kappa shape index (κ3) is 4.22. The molecule has 0 saturated heterocycles.